The van der Waals surface area contributed by atoms with Crippen molar-refractivity contribution in [2.75, 3.05) is 26.2 Å². The topological polar surface area (TPSA) is 65.5 Å². The molecule has 0 bridgehead atoms. The molecule has 4 rings (SSSR count). The number of urea groups is 1. The molecule has 3 fully saturated rings. The molecule has 1 N–H and O–H groups in total. The number of aryl methyl sites for hydroxylation is 1. The Morgan fingerprint density at radius 3 is 2.60 bits per heavy atom. The maximum atomic E-state index is 12.7. The van der Waals surface area contributed by atoms with Crippen LogP contribution in [0.1, 0.15) is 55.1 Å². The van der Waals surface area contributed by atoms with Crippen molar-refractivity contribution < 1.29 is 9.59 Å². The molecule has 136 valence electrons. The van der Waals surface area contributed by atoms with E-state index in [1.165, 1.54) is 9.91 Å². The fourth-order valence-corrected chi connectivity index (χ4v) is 5.37. The monoisotopic (exact) mass is 362 g/mol. The highest BCUT2D eigenvalue weighted by molar-refractivity contribution is 7.09. The molecular formula is C18H26N4O2S. The van der Waals surface area contributed by atoms with Crippen molar-refractivity contribution in [3.05, 3.63) is 16.1 Å². The zero-order valence-corrected chi connectivity index (χ0v) is 15.6. The van der Waals surface area contributed by atoms with Gasteiger partial charge in [0.15, 0.2) is 0 Å². The summed E-state index contributed by atoms with van der Waals surface area (Å²) in [5, 5.41) is 6.34. The maximum Gasteiger partial charge on any atom is 0.325 e. The summed E-state index contributed by atoms with van der Waals surface area (Å²) in [4.78, 5) is 33.3. The van der Waals surface area contributed by atoms with Gasteiger partial charge in [0.05, 0.1) is 5.01 Å². The van der Waals surface area contributed by atoms with Gasteiger partial charge in [-0.25, -0.2) is 9.78 Å². The average Bonchev–Trinajstić information content (AvgIpc) is 3.30. The van der Waals surface area contributed by atoms with E-state index in [4.69, 9.17) is 0 Å². The van der Waals surface area contributed by atoms with E-state index in [2.05, 4.69) is 20.6 Å². The number of carbonyl (C=O) groups is 2. The fourth-order valence-electron chi connectivity index (χ4n) is 4.40. The van der Waals surface area contributed by atoms with Gasteiger partial charge in [0, 0.05) is 30.1 Å². The Kier molecular flexibility index (Phi) is 4.54. The number of nitrogens with zero attached hydrogens (tertiary/aromatic N) is 3. The number of thiazole rings is 1. The van der Waals surface area contributed by atoms with Crippen molar-refractivity contribution in [2.45, 2.75) is 56.9 Å². The zero-order chi connectivity index (χ0) is 17.4. The second-order valence-corrected chi connectivity index (χ2v) is 8.51. The second-order valence-electron chi connectivity index (χ2n) is 7.62. The Morgan fingerprint density at radius 2 is 1.96 bits per heavy atom. The molecule has 1 aromatic heterocycles. The van der Waals surface area contributed by atoms with Crippen LogP contribution in [0.15, 0.2) is 5.38 Å². The minimum Gasteiger partial charge on any atom is -0.323 e. The van der Waals surface area contributed by atoms with Gasteiger partial charge >= 0.3 is 6.03 Å². The molecule has 3 aliphatic rings. The number of piperidine rings is 1. The van der Waals surface area contributed by atoms with Crippen LogP contribution < -0.4 is 5.32 Å². The van der Waals surface area contributed by atoms with Crippen LogP contribution in [-0.4, -0.2) is 58.4 Å². The average molecular weight is 362 g/mol. The number of likely N-dealkylation sites (tertiary alicyclic amines) is 1. The van der Waals surface area contributed by atoms with E-state index in [9.17, 15) is 9.59 Å². The van der Waals surface area contributed by atoms with Crippen molar-refractivity contribution >= 4 is 23.3 Å². The van der Waals surface area contributed by atoms with Crippen molar-refractivity contribution in [1.82, 2.24) is 20.1 Å². The Balaban J connectivity index is 1.28. The highest BCUT2D eigenvalue weighted by atomic mass is 32.1. The molecule has 25 heavy (non-hydrogen) atoms. The van der Waals surface area contributed by atoms with Crippen LogP contribution in [0.25, 0.3) is 0 Å². The van der Waals surface area contributed by atoms with Gasteiger partial charge in [-0.05, 0) is 45.7 Å². The Labute approximate surface area is 152 Å². The maximum absolute atomic E-state index is 12.7. The van der Waals surface area contributed by atoms with Gasteiger partial charge < -0.3 is 10.2 Å². The number of hydrogen-bond acceptors (Lipinski definition) is 5. The Bertz CT molecular complexity index is 660. The zero-order valence-electron chi connectivity index (χ0n) is 14.8. The summed E-state index contributed by atoms with van der Waals surface area (Å²) in [7, 11) is 0. The summed E-state index contributed by atoms with van der Waals surface area (Å²) in [6.07, 6.45) is 5.88. The number of carbonyl (C=O) groups excluding carboxylic acids is 2. The van der Waals surface area contributed by atoms with E-state index in [1.807, 2.05) is 6.92 Å². The molecule has 1 spiro atoms. The molecule has 2 aliphatic heterocycles. The minimum absolute atomic E-state index is 0.00291. The molecular weight excluding hydrogens is 336 g/mol. The first-order valence-electron chi connectivity index (χ1n) is 9.36. The smallest absolute Gasteiger partial charge is 0.323 e. The van der Waals surface area contributed by atoms with E-state index in [-0.39, 0.29) is 11.9 Å². The molecule has 3 heterocycles. The van der Waals surface area contributed by atoms with Crippen molar-refractivity contribution in [3.63, 3.8) is 0 Å². The molecule has 2 saturated heterocycles. The van der Waals surface area contributed by atoms with Gasteiger partial charge in [-0.2, -0.15) is 0 Å². The van der Waals surface area contributed by atoms with Crippen LogP contribution in [0, 0.1) is 6.92 Å². The van der Waals surface area contributed by atoms with E-state index >= 15 is 0 Å². The minimum atomic E-state index is -0.577. The predicted molar refractivity (Wildman–Crippen MR) is 96.7 cm³/mol. The van der Waals surface area contributed by atoms with Gasteiger partial charge in [0.2, 0.25) is 0 Å². The fraction of sp³-hybridized carbons (Fsp3) is 0.722. The SMILES string of the molecule is Cc1csc(C2CCN(CCN3C(=O)NC4(CCCC4)C3=O)CC2)n1. The number of hydrogen-bond donors (Lipinski definition) is 1. The number of aromatic nitrogens is 1. The predicted octanol–water partition coefficient (Wildman–Crippen LogP) is 2.50. The lowest BCUT2D eigenvalue weighted by atomic mass is 9.97. The van der Waals surface area contributed by atoms with Crippen LogP contribution in [-0.2, 0) is 4.79 Å². The van der Waals surface area contributed by atoms with Crippen LogP contribution in [0.2, 0.25) is 0 Å². The first-order chi connectivity index (χ1) is 12.1. The standard InChI is InChI=1S/C18H26N4O2S/c1-13-12-25-15(19-13)14-4-8-21(9-5-14)10-11-22-16(23)18(20-17(22)24)6-2-3-7-18/h12,14H,2-11H2,1H3,(H,20,24). The third-order valence-corrected chi connectivity index (χ3v) is 7.04. The van der Waals surface area contributed by atoms with Crippen molar-refractivity contribution in [1.29, 1.82) is 0 Å². The molecule has 1 aromatic rings. The lowest BCUT2D eigenvalue weighted by Gasteiger charge is -2.31. The van der Waals surface area contributed by atoms with Gasteiger partial charge in [-0.15, -0.1) is 11.3 Å². The molecule has 0 unspecified atom stereocenters. The molecule has 7 heteroatoms. The van der Waals surface area contributed by atoms with Crippen molar-refractivity contribution in [2.24, 2.45) is 0 Å². The third kappa shape index (κ3) is 3.19. The van der Waals surface area contributed by atoms with E-state index in [1.54, 1.807) is 11.3 Å². The molecule has 0 aromatic carbocycles. The largest absolute Gasteiger partial charge is 0.325 e. The van der Waals surface area contributed by atoms with Gasteiger partial charge in [-0.1, -0.05) is 12.8 Å². The summed E-state index contributed by atoms with van der Waals surface area (Å²) >= 11 is 1.77. The van der Waals surface area contributed by atoms with Crippen LogP contribution in [0.3, 0.4) is 0 Å². The first-order valence-corrected chi connectivity index (χ1v) is 10.2. The number of imide groups is 1. The van der Waals surface area contributed by atoms with Crippen LogP contribution in [0.4, 0.5) is 4.79 Å². The summed E-state index contributed by atoms with van der Waals surface area (Å²) < 4.78 is 0. The molecule has 3 amide bonds. The third-order valence-electron chi connectivity index (χ3n) is 5.92. The molecule has 0 atom stereocenters. The molecule has 0 radical (unpaired) electrons. The number of amides is 3. The summed E-state index contributed by atoms with van der Waals surface area (Å²) in [5.41, 5.74) is 0.536. The summed E-state index contributed by atoms with van der Waals surface area (Å²) in [6, 6.07) is -0.194. The van der Waals surface area contributed by atoms with Gasteiger partial charge in [0.25, 0.3) is 5.91 Å². The molecule has 1 saturated carbocycles. The lowest BCUT2D eigenvalue weighted by molar-refractivity contribution is -0.131. The van der Waals surface area contributed by atoms with E-state index in [0.717, 1.165) is 63.9 Å². The first kappa shape index (κ1) is 17.0. The van der Waals surface area contributed by atoms with Crippen molar-refractivity contribution in [3.8, 4) is 0 Å². The highest BCUT2D eigenvalue weighted by Gasteiger charge is 2.52. The number of rotatable bonds is 4. The molecule has 6 nitrogen and oxygen atoms in total. The normalized spacial score (nSPS) is 24.4. The van der Waals surface area contributed by atoms with E-state index in [0.29, 0.717) is 12.5 Å². The van der Waals surface area contributed by atoms with Gasteiger partial charge in [0.1, 0.15) is 5.54 Å². The summed E-state index contributed by atoms with van der Waals surface area (Å²) in [5.74, 6) is 0.566. The Hall–Kier alpha value is -1.47. The summed E-state index contributed by atoms with van der Waals surface area (Å²) in [6.45, 7) is 5.35. The quantitative estimate of drug-likeness (QED) is 0.836. The Morgan fingerprint density at radius 1 is 1.24 bits per heavy atom. The number of nitrogens with one attached hydrogen (secondary N) is 1. The second kappa shape index (κ2) is 6.68. The molecule has 1 aliphatic carbocycles. The van der Waals surface area contributed by atoms with Crippen LogP contribution in [0.5, 0.6) is 0 Å². The van der Waals surface area contributed by atoms with Crippen LogP contribution >= 0.6 is 11.3 Å². The lowest BCUT2D eigenvalue weighted by Crippen LogP contribution is -2.45. The van der Waals surface area contributed by atoms with Gasteiger partial charge in [-0.3, -0.25) is 9.69 Å². The van der Waals surface area contributed by atoms with E-state index < -0.39 is 5.54 Å². The highest BCUT2D eigenvalue weighted by Crippen LogP contribution is 2.35.